The number of pyridine rings is 2. The number of fused-ring (bicyclic) bond motifs is 1. The average molecular weight is 303 g/mol. The predicted molar refractivity (Wildman–Crippen MR) is 73.3 cm³/mol. The fourth-order valence-electron chi connectivity index (χ4n) is 1.88. The third kappa shape index (κ3) is 2.01. The van der Waals surface area contributed by atoms with Gasteiger partial charge in [0, 0.05) is 23.1 Å². The molecule has 3 aromatic heterocycles. The molecule has 0 radical (unpaired) electrons. The third-order valence-electron chi connectivity index (χ3n) is 2.93. The van der Waals surface area contributed by atoms with Gasteiger partial charge in [-0.2, -0.15) is 5.10 Å². The van der Waals surface area contributed by atoms with Crippen molar-refractivity contribution in [2.45, 2.75) is 13.5 Å². The fourth-order valence-corrected chi connectivity index (χ4v) is 2.20. The molecule has 0 saturated heterocycles. The first-order valence-corrected chi connectivity index (χ1v) is 6.40. The molecule has 3 rings (SSSR count). The Bertz CT molecular complexity index is 705. The summed E-state index contributed by atoms with van der Waals surface area (Å²) in [6.07, 6.45) is 7.25. The van der Waals surface area contributed by atoms with Crippen LogP contribution >= 0.6 is 15.9 Å². The van der Waals surface area contributed by atoms with E-state index in [0.29, 0.717) is 6.54 Å². The van der Waals surface area contributed by atoms with Crippen LogP contribution in [-0.4, -0.2) is 19.7 Å². The number of rotatable bonds is 2. The van der Waals surface area contributed by atoms with E-state index in [1.165, 1.54) is 11.1 Å². The van der Waals surface area contributed by atoms with Gasteiger partial charge < -0.3 is 0 Å². The SMILES string of the molecule is Cc1ccncc1Cn1ncc2ncc(Br)cc21. The number of nitrogens with zero attached hydrogens (tertiary/aromatic N) is 4. The van der Waals surface area contributed by atoms with Crippen molar-refractivity contribution in [3.63, 3.8) is 0 Å². The molecule has 3 heterocycles. The second kappa shape index (κ2) is 4.49. The summed E-state index contributed by atoms with van der Waals surface area (Å²) in [5.74, 6) is 0. The van der Waals surface area contributed by atoms with Gasteiger partial charge in [-0.05, 0) is 46.1 Å². The highest BCUT2D eigenvalue weighted by atomic mass is 79.9. The Morgan fingerprint density at radius 1 is 1.28 bits per heavy atom. The molecule has 0 amide bonds. The highest BCUT2D eigenvalue weighted by Crippen LogP contribution is 2.18. The maximum absolute atomic E-state index is 4.38. The standard InChI is InChI=1S/C13H11BrN4/c1-9-2-3-15-5-10(9)8-18-13-4-11(14)6-16-12(13)7-17-18/h2-7H,8H2,1H3. The second-order valence-corrected chi connectivity index (χ2v) is 5.08. The number of hydrogen-bond donors (Lipinski definition) is 0. The smallest absolute Gasteiger partial charge is 0.108 e. The minimum absolute atomic E-state index is 0.710. The maximum atomic E-state index is 4.38. The molecule has 4 nitrogen and oxygen atoms in total. The van der Waals surface area contributed by atoms with Crippen LogP contribution in [0.3, 0.4) is 0 Å². The molecule has 0 spiro atoms. The first-order chi connectivity index (χ1) is 8.74. The zero-order valence-electron chi connectivity index (χ0n) is 9.84. The van der Waals surface area contributed by atoms with E-state index >= 15 is 0 Å². The summed E-state index contributed by atoms with van der Waals surface area (Å²) in [5.41, 5.74) is 4.31. The van der Waals surface area contributed by atoms with Crippen LogP contribution in [0.4, 0.5) is 0 Å². The Morgan fingerprint density at radius 3 is 3.00 bits per heavy atom. The molecule has 0 bridgehead atoms. The molecule has 0 aliphatic rings. The lowest BCUT2D eigenvalue weighted by Crippen LogP contribution is -2.03. The topological polar surface area (TPSA) is 43.6 Å². The van der Waals surface area contributed by atoms with Gasteiger partial charge in [0.05, 0.1) is 18.3 Å². The van der Waals surface area contributed by atoms with E-state index < -0.39 is 0 Å². The minimum atomic E-state index is 0.710. The van der Waals surface area contributed by atoms with Crippen LogP contribution in [-0.2, 0) is 6.54 Å². The quantitative estimate of drug-likeness (QED) is 0.731. The summed E-state index contributed by atoms with van der Waals surface area (Å²) in [6, 6.07) is 4.04. The lowest BCUT2D eigenvalue weighted by Gasteiger charge is -2.06. The van der Waals surface area contributed by atoms with Crippen LogP contribution < -0.4 is 0 Å². The predicted octanol–water partition coefficient (Wildman–Crippen LogP) is 2.95. The Morgan fingerprint density at radius 2 is 2.17 bits per heavy atom. The molecule has 0 unspecified atom stereocenters. The first-order valence-electron chi connectivity index (χ1n) is 5.60. The van der Waals surface area contributed by atoms with Gasteiger partial charge in [-0.3, -0.25) is 14.6 Å². The van der Waals surface area contributed by atoms with Crippen LogP contribution in [0.25, 0.3) is 11.0 Å². The zero-order chi connectivity index (χ0) is 12.5. The van der Waals surface area contributed by atoms with Gasteiger partial charge in [-0.15, -0.1) is 0 Å². The summed E-state index contributed by atoms with van der Waals surface area (Å²) in [7, 11) is 0. The van der Waals surface area contributed by atoms with Crippen molar-refractivity contribution in [3.05, 3.63) is 52.5 Å². The molecule has 0 aromatic carbocycles. The fraction of sp³-hybridized carbons (Fsp3) is 0.154. The van der Waals surface area contributed by atoms with E-state index in [1.807, 2.05) is 23.0 Å². The van der Waals surface area contributed by atoms with Crippen LogP contribution in [0.5, 0.6) is 0 Å². The second-order valence-electron chi connectivity index (χ2n) is 4.16. The molecule has 0 aliphatic carbocycles. The van der Waals surface area contributed by atoms with Gasteiger partial charge in [0.2, 0.25) is 0 Å². The van der Waals surface area contributed by atoms with Crippen LogP contribution in [0.2, 0.25) is 0 Å². The van der Waals surface area contributed by atoms with Crippen molar-refractivity contribution >= 4 is 27.0 Å². The molecule has 0 N–H and O–H groups in total. The third-order valence-corrected chi connectivity index (χ3v) is 3.36. The molecular weight excluding hydrogens is 292 g/mol. The van der Waals surface area contributed by atoms with Gasteiger partial charge in [0.15, 0.2) is 0 Å². The van der Waals surface area contributed by atoms with Crippen LogP contribution in [0, 0.1) is 6.92 Å². The van der Waals surface area contributed by atoms with Gasteiger partial charge in [-0.25, -0.2) is 0 Å². The zero-order valence-corrected chi connectivity index (χ0v) is 11.4. The Balaban J connectivity index is 2.05. The van der Waals surface area contributed by atoms with E-state index in [-0.39, 0.29) is 0 Å². The van der Waals surface area contributed by atoms with Gasteiger partial charge >= 0.3 is 0 Å². The van der Waals surface area contributed by atoms with Crippen molar-refractivity contribution < 1.29 is 0 Å². The van der Waals surface area contributed by atoms with Crippen molar-refractivity contribution in [2.75, 3.05) is 0 Å². The Kier molecular flexibility index (Phi) is 2.83. The summed E-state index contributed by atoms with van der Waals surface area (Å²) >= 11 is 3.44. The molecule has 3 aromatic rings. The largest absolute Gasteiger partial charge is 0.264 e. The monoisotopic (exact) mass is 302 g/mol. The van der Waals surface area contributed by atoms with Crippen molar-refractivity contribution in [1.29, 1.82) is 0 Å². The van der Waals surface area contributed by atoms with Crippen LogP contribution in [0.15, 0.2) is 41.4 Å². The van der Waals surface area contributed by atoms with E-state index in [1.54, 1.807) is 18.6 Å². The molecular formula is C13H11BrN4. The molecule has 0 atom stereocenters. The van der Waals surface area contributed by atoms with Gasteiger partial charge in [0.25, 0.3) is 0 Å². The highest BCUT2D eigenvalue weighted by molar-refractivity contribution is 9.10. The lowest BCUT2D eigenvalue weighted by atomic mass is 10.1. The number of halogens is 1. The van der Waals surface area contributed by atoms with E-state index in [0.717, 1.165) is 15.5 Å². The molecule has 0 aliphatic heterocycles. The Hall–Kier alpha value is -1.75. The van der Waals surface area contributed by atoms with Gasteiger partial charge in [0.1, 0.15) is 5.52 Å². The lowest BCUT2D eigenvalue weighted by molar-refractivity contribution is 0.706. The van der Waals surface area contributed by atoms with Crippen molar-refractivity contribution in [3.8, 4) is 0 Å². The van der Waals surface area contributed by atoms with Crippen LogP contribution in [0.1, 0.15) is 11.1 Å². The molecule has 0 saturated carbocycles. The first kappa shape index (κ1) is 11.3. The summed E-state index contributed by atoms with van der Waals surface area (Å²) in [5, 5.41) is 4.38. The minimum Gasteiger partial charge on any atom is -0.264 e. The van der Waals surface area contributed by atoms with E-state index in [2.05, 4.69) is 37.9 Å². The summed E-state index contributed by atoms with van der Waals surface area (Å²) in [4.78, 5) is 8.48. The summed E-state index contributed by atoms with van der Waals surface area (Å²) < 4.78 is 2.90. The van der Waals surface area contributed by atoms with Crippen molar-refractivity contribution in [2.24, 2.45) is 0 Å². The normalized spacial score (nSPS) is 11.0. The number of aryl methyl sites for hydroxylation is 1. The maximum Gasteiger partial charge on any atom is 0.108 e. The molecule has 0 fully saturated rings. The number of aromatic nitrogens is 4. The molecule has 18 heavy (non-hydrogen) atoms. The van der Waals surface area contributed by atoms with Gasteiger partial charge in [-0.1, -0.05) is 0 Å². The highest BCUT2D eigenvalue weighted by Gasteiger charge is 2.06. The molecule has 5 heteroatoms. The molecule has 90 valence electrons. The van der Waals surface area contributed by atoms with E-state index in [9.17, 15) is 0 Å². The number of hydrogen-bond acceptors (Lipinski definition) is 3. The summed E-state index contributed by atoms with van der Waals surface area (Å²) in [6.45, 7) is 2.79. The van der Waals surface area contributed by atoms with E-state index in [4.69, 9.17) is 0 Å². The average Bonchev–Trinajstić information content (AvgIpc) is 2.75. The van der Waals surface area contributed by atoms with Crippen molar-refractivity contribution in [1.82, 2.24) is 19.7 Å². The Labute approximate surface area is 113 Å².